The molecule has 0 spiro atoms. The second kappa shape index (κ2) is 18.6. The molecule has 14 nitrogen and oxygen atoms in total. The quantitative estimate of drug-likeness (QED) is 0.0769. The number of rotatable bonds is 16. The zero-order chi connectivity index (χ0) is 41.4. The number of phenols is 1. The lowest BCUT2D eigenvalue weighted by Crippen LogP contribution is -2.52. The molecule has 5 heterocycles. The summed E-state index contributed by atoms with van der Waals surface area (Å²) in [6.07, 6.45) is 4.26. The van der Waals surface area contributed by atoms with E-state index in [1.807, 2.05) is 72.9 Å². The summed E-state index contributed by atoms with van der Waals surface area (Å²) in [6.45, 7) is 4.36. The summed E-state index contributed by atoms with van der Waals surface area (Å²) in [6, 6.07) is 30.1. The lowest BCUT2D eigenvalue weighted by molar-refractivity contribution is -0.0336. The van der Waals surface area contributed by atoms with Crippen LogP contribution in [0.2, 0.25) is 0 Å². The van der Waals surface area contributed by atoms with E-state index in [-0.39, 0.29) is 42.7 Å². The first-order chi connectivity index (χ1) is 29.3. The number of nitrogens with zero attached hydrogens (tertiary/aromatic N) is 3. The number of pyridine rings is 1. The highest BCUT2D eigenvalue weighted by molar-refractivity contribution is 5.89. The fourth-order valence-corrected chi connectivity index (χ4v) is 7.97. The van der Waals surface area contributed by atoms with Crippen molar-refractivity contribution in [2.45, 2.75) is 50.8 Å². The van der Waals surface area contributed by atoms with Gasteiger partial charge in [-0.15, -0.1) is 0 Å². The summed E-state index contributed by atoms with van der Waals surface area (Å²) < 4.78 is 19.3. The third-order valence-corrected chi connectivity index (χ3v) is 11.2. The standard InChI is InChI=1S/C46H48N6O8/c53-39-15-13-37(38-14-16-42(55)49-44(38)39)40(54)26-47-24-31-25-48-52(27-31)21-22-58-45(56)34-11-9-30(10-12-34)29-59-36-8-4-7-35(23-36)43(33-5-2-1-3-6-33)50-46(57)60-41-28-51-19-17-32(41)18-20-51/h1-16,23,25,27,32,40-41,43,47,53-54H,17-22,24,26,28-29H2,(H,49,55)(H,50,57)/t40-,41+,43?/m1/s1. The first kappa shape index (κ1) is 40.3. The number of piperidine rings is 3. The van der Waals surface area contributed by atoms with Crippen molar-refractivity contribution < 1.29 is 34.0 Å². The van der Waals surface area contributed by atoms with Crippen LogP contribution in [0.4, 0.5) is 4.79 Å². The summed E-state index contributed by atoms with van der Waals surface area (Å²) in [7, 11) is 0. The third kappa shape index (κ3) is 9.85. The molecule has 1 amide bonds. The minimum atomic E-state index is -0.882. The Hall–Kier alpha value is -6.48. The van der Waals surface area contributed by atoms with E-state index in [1.54, 1.807) is 35.1 Å². The number of nitrogens with one attached hydrogen (secondary N) is 3. The van der Waals surface area contributed by atoms with Crippen molar-refractivity contribution in [1.29, 1.82) is 0 Å². The van der Waals surface area contributed by atoms with Gasteiger partial charge in [-0.05, 0) is 90.5 Å². The number of alkyl carbamates (subject to hydrolysis) is 1. The lowest BCUT2D eigenvalue weighted by atomic mass is 9.86. The number of aromatic nitrogens is 3. The molecular formula is C46H48N6O8. The van der Waals surface area contributed by atoms with Crippen LogP contribution in [0.3, 0.4) is 0 Å². The van der Waals surface area contributed by atoms with Crippen LogP contribution in [-0.4, -0.2) is 80.8 Å². The number of carbonyl (C=O) groups is 2. The van der Waals surface area contributed by atoms with Gasteiger partial charge in [0.25, 0.3) is 0 Å². The summed E-state index contributed by atoms with van der Waals surface area (Å²) in [5.74, 6) is 0.543. The van der Waals surface area contributed by atoms with Crippen LogP contribution >= 0.6 is 0 Å². The number of aromatic amines is 1. The SMILES string of the molecule is O=C(NC(c1ccccc1)c1cccc(OCc2ccc(C(=O)OCCn3cc(CNC[C@@H](O)c4ccc(O)c5[nH]c(=O)ccc45)cn3)cc2)c1)O[C@H]1CN2CCC1CC2. The van der Waals surface area contributed by atoms with Gasteiger partial charge in [0.1, 0.15) is 30.8 Å². The molecule has 5 N–H and O–H groups in total. The second-order valence-corrected chi connectivity index (χ2v) is 15.3. The van der Waals surface area contributed by atoms with Crippen LogP contribution < -0.4 is 20.9 Å². The molecule has 6 aromatic rings. The number of hydrogen-bond acceptors (Lipinski definition) is 11. The molecule has 0 saturated carbocycles. The fraction of sp³-hybridized carbons (Fsp3) is 0.304. The molecule has 0 radical (unpaired) electrons. The van der Waals surface area contributed by atoms with Gasteiger partial charge < -0.3 is 40.0 Å². The molecule has 4 aromatic carbocycles. The molecule has 3 fully saturated rings. The van der Waals surface area contributed by atoms with Gasteiger partial charge in [0.05, 0.1) is 36.0 Å². The van der Waals surface area contributed by atoms with Crippen LogP contribution in [-0.2, 0) is 29.2 Å². The van der Waals surface area contributed by atoms with Crippen molar-refractivity contribution in [2.75, 3.05) is 32.8 Å². The number of H-pyrrole nitrogens is 1. The maximum absolute atomic E-state index is 13.2. The van der Waals surface area contributed by atoms with E-state index in [4.69, 9.17) is 14.2 Å². The topological polar surface area (TPSA) is 180 Å². The van der Waals surface area contributed by atoms with E-state index in [0.29, 0.717) is 41.3 Å². The van der Waals surface area contributed by atoms with Crippen molar-refractivity contribution in [3.8, 4) is 11.5 Å². The van der Waals surface area contributed by atoms with Gasteiger partial charge in [-0.2, -0.15) is 5.10 Å². The van der Waals surface area contributed by atoms with Crippen molar-refractivity contribution in [2.24, 2.45) is 5.92 Å². The molecule has 0 aliphatic carbocycles. The first-order valence-electron chi connectivity index (χ1n) is 20.2. The number of esters is 1. The number of fused-ring (bicyclic) bond motifs is 4. The molecule has 14 heteroatoms. The number of aliphatic hydroxyl groups is 1. The van der Waals surface area contributed by atoms with Crippen molar-refractivity contribution in [3.05, 3.63) is 159 Å². The van der Waals surface area contributed by atoms with Crippen LogP contribution in [0.15, 0.2) is 120 Å². The van der Waals surface area contributed by atoms with Gasteiger partial charge in [-0.1, -0.05) is 60.7 Å². The van der Waals surface area contributed by atoms with Gasteiger partial charge in [-0.3, -0.25) is 14.4 Å². The van der Waals surface area contributed by atoms with Crippen molar-refractivity contribution in [3.63, 3.8) is 0 Å². The van der Waals surface area contributed by atoms with Gasteiger partial charge in [0.15, 0.2) is 0 Å². The van der Waals surface area contributed by atoms with E-state index < -0.39 is 24.2 Å². The smallest absolute Gasteiger partial charge is 0.408 e. The maximum atomic E-state index is 13.2. The molecule has 2 aromatic heterocycles. The Labute approximate surface area is 346 Å². The number of phenolic OH excluding ortho intramolecular Hbond substituents is 1. The zero-order valence-electron chi connectivity index (χ0n) is 33.0. The van der Waals surface area contributed by atoms with E-state index in [2.05, 4.69) is 25.6 Å². The highest BCUT2D eigenvalue weighted by Crippen LogP contribution is 2.31. The monoisotopic (exact) mass is 812 g/mol. The van der Waals surface area contributed by atoms with Crippen molar-refractivity contribution in [1.82, 2.24) is 30.3 Å². The van der Waals surface area contributed by atoms with Crippen LogP contribution in [0.5, 0.6) is 11.5 Å². The minimum Gasteiger partial charge on any atom is -0.506 e. The highest BCUT2D eigenvalue weighted by Gasteiger charge is 2.37. The van der Waals surface area contributed by atoms with E-state index in [9.17, 15) is 24.6 Å². The Morgan fingerprint density at radius 3 is 2.50 bits per heavy atom. The van der Waals surface area contributed by atoms with Crippen LogP contribution in [0.1, 0.15) is 63.2 Å². The molecule has 60 heavy (non-hydrogen) atoms. The van der Waals surface area contributed by atoms with Gasteiger partial charge in [0, 0.05) is 42.8 Å². The number of aromatic hydroxyl groups is 1. The Bertz CT molecular complexity index is 2460. The Morgan fingerprint density at radius 2 is 1.72 bits per heavy atom. The Kier molecular flexibility index (Phi) is 12.5. The molecule has 3 aliphatic rings. The molecule has 3 atom stereocenters. The zero-order valence-corrected chi connectivity index (χ0v) is 33.0. The predicted octanol–water partition coefficient (Wildman–Crippen LogP) is 5.60. The van der Waals surface area contributed by atoms with Gasteiger partial charge >= 0.3 is 12.1 Å². The molecule has 3 saturated heterocycles. The molecule has 310 valence electrons. The third-order valence-electron chi connectivity index (χ3n) is 11.2. The number of hydrogen-bond donors (Lipinski definition) is 5. The van der Waals surface area contributed by atoms with Gasteiger partial charge in [-0.25, -0.2) is 9.59 Å². The number of amides is 1. The normalized spacial score (nSPS) is 18.1. The average molecular weight is 813 g/mol. The largest absolute Gasteiger partial charge is 0.506 e. The van der Waals surface area contributed by atoms with Gasteiger partial charge in [0.2, 0.25) is 5.56 Å². The summed E-state index contributed by atoms with van der Waals surface area (Å²) in [5.41, 5.74) is 4.48. The molecule has 3 aliphatic heterocycles. The summed E-state index contributed by atoms with van der Waals surface area (Å²) in [5, 5.41) is 32.2. The second-order valence-electron chi connectivity index (χ2n) is 15.3. The Morgan fingerprint density at radius 1 is 0.917 bits per heavy atom. The number of carbonyl (C=O) groups excluding carboxylic acids is 2. The predicted molar refractivity (Wildman–Crippen MR) is 223 cm³/mol. The minimum absolute atomic E-state index is 0.0636. The van der Waals surface area contributed by atoms with Crippen LogP contribution in [0, 0.1) is 5.92 Å². The molecule has 1 unspecified atom stereocenters. The maximum Gasteiger partial charge on any atom is 0.408 e. The molecule has 9 rings (SSSR count). The highest BCUT2D eigenvalue weighted by atomic mass is 16.6. The first-order valence-corrected chi connectivity index (χ1v) is 20.2. The number of ether oxygens (including phenoxy) is 3. The summed E-state index contributed by atoms with van der Waals surface area (Å²) in [4.78, 5) is 42.7. The lowest BCUT2D eigenvalue weighted by Gasteiger charge is -2.43. The fourth-order valence-electron chi connectivity index (χ4n) is 7.97. The average Bonchev–Trinajstić information content (AvgIpc) is 3.73. The van der Waals surface area contributed by atoms with Crippen LogP contribution in [0.25, 0.3) is 10.9 Å². The summed E-state index contributed by atoms with van der Waals surface area (Å²) >= 11 is 0. The molecule has 2 bridgehead atoms. The molecular weight excluding hydrogens is 765 g/mol. The van der Waals surface area contributed by atoms with E-state index in [1.165, 1.54) is 12.1 Å². The number of benzene rings is 4. The Balaban J connectivity index is 0.786. The number of aliphatic hydroxyl groups excluding tert-OH is 1. The van der Waals surface area contributed by atoms with Crippen molar-refractivity contribution >= 4 is 23.0 Å². The van der Waals surface area contributed by atoms with E-state index in [0.717, 1.165) is 54.7 Å². The van der Waals surface area contributed by atoms with E-state index >= 15 is 0 Å².